The molecule has 126 valence electrons. The Hall–Kier alpha value is -3.08. The Balaban J connectivity index is 1.88. The molecule has 0 saturated carbocycles. The molecule has 0 N–H and O–H groups in total. The fraction of sp³-hybridized carbons (Fsp3) is 0.200. The van der Waals surface area contributed by atoms with E-state index in [-0.39, 0.29) is 0 Å². The first-order valence-electron chi connectivity index (χ1n) is 8.09. The van der Waals surface area contributed by atoms with Crippen LogP contribution in [0.2, 0.25) is 0 Å². The molecule has 5 nitrogen and oxygen atoms in total. The molecule has 2 unspecified atom stereocenters. The molecule has 1 aromatic heterocycles. The molecule has 0 amide bonds. The minimum Gasteiger partial charge on any atom is -0.478 e. The second-order valence-electron chi connectivity index (χ2n) is 5.96. The summed E-state index contributed by atoms with van der Waals surface area (Å²) in [5, 5.41) is 0.994. The lowest BCUT2D eigenvalue weighted by atomic mass is 10.0. The van der Waals surface area contributed by atoms with Crippen molar-refractivity contribution in [3.63, 3.8) is 0 Å². The van der Waals surface area contributed by atoms with Gasteiger partial charge in [-0.05, 0) is 31.2 Å². The van der Waals surface area contributed by atoms with Gasteiger partial charge in [0.2, 0.25) is 0 Å². The molecule has 0 bridgehead atoms. The largest absolute Gasteiger partial charge is 0.478 e. The normalized spacial score (nSPS) is 21.8. The molecular formula is C20H17NO4. The molecule has 2 aromatic carbocycles. The van der Waals surface area contributed by atoms with Crippen molar-refractivity contribution >= 4 is 16.9 Å². The highest BCUT2D eigenvalue weighted by Gasteiger charge is 2.51. The Morgan fingerprint density at radius 2 is 1.76 bits per heavy atom. The number of nitrogens with zero attached hydrogens (tertiary/aromatic N) is 1. The van der Waals surface area contributed by atoms with E-state index in [1.54, 1.807) is 19.1 Å². The van der Waals surface area contributed by atoms with Crippen LogP contribution in [0.5, 0.6) is 11.5 Å². The Kier molecular flexibility index (Phi) is 3.57. The number of carbonyl (C=O) groups excluding carboxylic acids is 1. The first kappa shape index (κ1) is 15.4. The maximum absolute atomic E-state index is 11.8. The molecule has 1 aliphatic heterocycles. The second-order valence-corrected chi connectivity index (χ2v) is 5.96. The van der Waals surface area contributed by atoms with E-state index in [9.17, 15) is 4.79 Å². The van der Waals surface area contributed by atoms with Crippen LogP contribution in [0.4, 0.5) is 0 Å². The van der Waals surface area contributed by atoms with Gasteiger partial charge in [0, 0.05) is 12.3 Å². The molecule has 25 heavy (non-hydrogen) atoms. The standard InChI is InChI=1S/C20H17NO4/c1-13-20(24-14(2)22,25-18-10-6-5-9-17(18)23-13)19-12-11-15-7-3-4-8-16(15)21-19/h3-13H,1-2H3. The zero-order valence-corrected chi connectivity index (χ0v) is 13.9. The molecule has 0 fully saturated rings. The van der Waals surface area contributed by atoms with Crippen molar-refractivity contribution in [3.05, 3.63) is 66.4 Å². The first-order valence-corrected chi connectivity index (χ1v) is 8.09. The highest BCUT2D eigenvalue weighted by atomic mass is 16.7. The van der Waals surface area contributed by atoms with Crippen LogP contribution in [-0.2, 0) is 15.3 Å². The maximum Gasteiger partial charge on any atom is 0.335 e. The smallest absolute Gasteiger partial charge is 0.335 e. The minimum atomic E-state index is -1.44. The van der Waals surface area contributed by atoms with Crippen LogP contribution in [0.25, 0.3) is 10.9 Å². The number of pyridine rings is 1. The monoisotopic (exact) mass is 335 g/mol. The lowest BCUT2D eigenvalue weighted by Crippen LogP contribution is -2.52. The molecule has 2 heterocycles. The molecule has 0 spiro atoms. The van der Waals surface area contributed by atoms with Gasteiger partial charge < -0.3 is 14.2 Å². The van der Waals surface area contributed by atoms with E-state index >= 15 is 0 Å². The van der Waals surface area contributed by atoms with Crippen molar-refractivity contribution in [3.8, 4) is 11.5 Å². The number of benzene rings is 2. The zero-order valence-electron chi connectivity index (χ0n) is 13.9. The van der Waals surface area contributed by atoms with Crippen molar-refractivity contribution in [1.29, 1.82) is 0 Å². The van der Waals surface area contributed by atoms with Crippen LogP contribution >= 0.6 is 0 Å². The summed E-state index contributed by atoms with van der Waals surface area (Å²) in [4.78, 5) is 16.5. The summed E-state index contributed by atoms with van der Waals surface area (Å²) in [7, 11) is 0. The number of ether oxygens (including phenoxy) is 3. The van der Waals surface area contributed by atoms with Crippen LogP contribution in [0.15, 0.2) is 60.7 Å². The number of hydrogen-bond acceptors (Lipinski definition) is 5. The Morgan fingerprint density at radius 3 is 2.56 bits per heavy atom. The average Bonchev–Trinajstić information content (AvgIpc) is 2.61. The third-order valence-electron chi connectivity index (χ3n) is 4.20. The number of esters is 1. The van der Waals surface area contributed by atoms with E-state index in [0.717, 1.165) is 10.9 Å². The lowest BCUT2D eigenvalue weighted by Gasteiger charge is -2.41. The van der Waals surface area contributed by atoms with Crippen molar-refractivity contribution in [2.75, 3.05) is 0 Å². The average molecular weight is 335 g/mol. The predicted molar refractivity (Wildman–Crippen MR) is 92.3 cm³/mol. The SMILES string of the molecule is CC(=O)OC1(c2ccc3ccccc3n2)Oc2ccccc2OC1C. The number of rotatable bonds is 2. The van der Waals surface area contributed by atoms with Crippen LogP contribution in [0.1, 0.15) is 19.5 Å². The Labute approximate surface area is 145 Å². The minimum absolute atomic E-state index is 0.468. The molecule has 0 radical (unpaired) electrons. The summed E-state index contributed by atoms with van der Waals surface area (Å²) in [6.45, 7) is 3.15. The van der Waals surface area contributed by atoms with Gasteiger partial charge in [0.15, 0.2) is 17.6 Å². The van der Waals surface area contributed by atoms with Gasteiger partial charge in [-0.15, -0.1) is 0 Å². The zero-order chi connectivity index (χ0) is 17.4. The summed E-state index contributed by atoms with van der Waals surface area (Å²) in [5.41, 5.74) is 1.28. The second kappa shape index (κ2) is 5.77. The predicted octanol–water partition coefficient (Wildman–Crippen LogP) is 3.81. The third-order valence-corrected chi connectivity index (χ3v) is 4.20. The van der Waals surface area contributed by atoms with E-state index < -0.39 is 17.9 Å². The summed E-state index contributed by atoms with van der Waals surface area (Å²) in [6.07, 6.45) is -0.569. The van der Waals surface area contributed by atoms with Gasteiger partial charge in [-0.25, -0.2) is 4.98 Å². The quantitative estimate of drug-likeness (QED) is 0.667. The Morgan fingerprint density at radius 1 is 1.04 bits per heavy atom. The van der Waals surface area contributed by atoms with Gasteiger partial charge >= 0.3 is 11.8 Å². The Bertz CT molecular complexity index is 955. The van der Waals surface area contributed by atoms with E-state index in [2.05, 4.69) is 4.98 Å². The van der Waals surface area contributed by atoms with Crippen LogP contribution < -0.4 is 9.47 Å². The van der Waals surface area contributed by atoms with Gasteiger partial charge in [-0.2, -0.15) is 0 Å². The number of para-hydroxylation sites is 3. The van der Waals surface area contributed by atoms with Crippen LogP contribution in [-0.4, -0.2) is 17.1 Å². The van der Waals surface area contributed by atoms with Crippen molar-refractivity contribution in [2.45, 2.75) is 25.7 Å². The molecule has 0 aliphatic carbocycles. The molecule has 2 atom stereocenters. The molecule has 0 saturated heterocycles. The van der Waals surface area contributed by atoms with Gasteiger partial charge in [-0.1, -0.05) is 36.4 Å². The highest BCUT2D eigenvalue weighted by Crippen LogP contribution is 2.43. The molecule has 4 rings (SSSR count). The summed E-state index contributed by atoms with van der Waals surface area (Å²) < 4.78 is 17.8. The fourth-order valence-corrected chi connectivity index (χ4v) is 3.04. The number of fused-ring (bicyclic) bond motifs is 2. The summed E-state index contributed by atoms with van der Waals surface area (Å²) in [6, 6.07) is 18.8. The summed E-state index contributed by atoms with van der Waals surface area (Å²) >= 11 is 0. The van der Waals surface area contributed by atoms with Gasteiger partial charge in [0.1, 0.15) is 5.69 Å². The van der Waals surface area contributed by atoms with Crippen LogP contribution in [0, 0.1) is 0 Å². The van der Waals surface area contributed by atoms with E-state index in [1.165, 1.54) is 6.92 Å². The van der Waals surface area contributed by atoms with Gasteiger partial charge in [-0.3, -0.25) is 4.79 Å². The van der Waals surface area contributed by atoms with E-state index in [4.69, 9.17) is 14.2 Å². The molecular weight excluding hydrogens is 318 g/mol. The van der Waals surface area contributed by atoms with Crippen molar-refractivity contribution in [2.24, 2.45) is 0 Å². The molecule has 3 aromatic rings. The number of carbonyl (C=O) groups is 1. The summed E-state index contributed by atoms with van der Waals surface area (Å²) in [5.74, 6) is -0.787. The molecule has 1 aliphatic rings. The molecule has 5 heteroatoms. The lowest BCUT2D eigenvalue weighted by molar-refractivity contribution is -0.242. The van der Waals surface area contributed by atoms with E-state index in [0.29, 0.717) is 17.2 Å². The topological polar surface area (TPSA) is 57.7 Å². The van der Waals surface area contributed by atoms with E-state index in [1.807, 2.05) is 48.5 Å². The van der Waals surface area contributed by atoms with Gasteiger partial charge in [0.05, 0.1) is 5.52 Å². The van der Waals surface area contributed by atoms with Crippen molar-refractivity contribution < 1.29 is 19.0 Å². The number of hydrogen-bond donors (Lipinski definition) is 0. The van der Waals surface area contributed by atoms with Crippen molar-refractivity contribution in [1.82, 2.24) is 4.98 Å². The maximum atomic E-state index is 11.8. The highest BCUT2D eigenvalue weighted by molar-refractivity contribution is 5.78. The third kappa shape index (κ3) is 2.58. The van der Waals surface area contributed by atoms with Gasteiger partial charge in [0.25, 0.3) is 0 Å². The fourth-order valence-electron chi connectivity index (χ4n) is 3.04. The first-order chi connectivity index (χ1) is 12.1. The van der Waals surface area contributed by atoms with Crippen LogP contribution in [0.3, 0.4) is 0 Å². The number of aromatic nitrogens is 1.